The molecule has 6 heteroatoms. The second kappa shape index (κ2) is 7.68. The van der Waals surface area contributed by atoms with E-state index < -0.39 is 0 Å². The number of nitrogens with one attached hydrogen (secondary N) is 1. The van der Waals surface area contributed by atoms with Crippen LogP contribution in [0, 0.1) is 25.2 Å². The fourth-order valence-corrected chi connectivity index (χ4v) is 4.04. The highest BCUT2D eigenvalue weighted by molar-refractivity contribution is 8.00. The molecule has 0 unspecified atom stereocenters. The van der Waals surface area contributed by atoms with Crippen molar-refractivity contribution in [2.75, 3.05) is 5.75 Å². The lowest BCUT2D eigenvalue weighted by Crippen LogP contribution is -2.24. The molecule has 0 spiro atoms. The normalized spacial score (nSPS) is 10.6. The minimum atomic E-state index is -0.0650. The predicted molar refractivity (Wildman–Crippen MR) is 103 cm³/mol. The zero-order chi connectivity index (χ0) is 17.8. The molecule has 0 aliphatic carbocycles. The van der Waals surface area contributed by atoms with Crippen molar-refractivity contribution >= 4 is 39.9 Å². The van der Waals surface area contributed by atoms with Crippen LogP contribution in [0.2, 0.25) is 0 Å². The Bertz CT molecular complexity index is 959. The van der Waals surface area contributed by atoms with E-state index in [9.17, 15) is 10.1 Å². The zero-order valence-electron chi connectivity index (χ0n) is 14.0. The highest BCUT2D eigenvalue weighted by Crippen LogP contribution is 2.27. The van der Waals surface area contributed by atoms with Crippen molar-refractivity contribution < 1.29 is 4.79 Å². The SMILES string of the molecule is Cc1cc(C)c2nc(SCC(=O)NCc3cccs3)c(C#N)cc2c1. The molecule has 0 radical (unpaired) electrons. The molecule has 0 aliphatic heterocycles. The highest BCUT2D eigenvalue weighted by Gasteiger charge is 2.12. The molecule has 1 aromatic carbocycles. The molecule has 0 bridgehead atoms. The number of aryl methyl sites for hydroxylation is 2. The lowest BCUT2D eigenvalue weighted by atomic mass is 10.1. The van der Waals surface area contributed by atoms with Crippen molar-refractivity contribution in [2.45, 2.75) is 25.4 Å². The summed E-state index contributed by atoms with van der Waals surface area (Å²) < 4.78 is 0. The summed E-state index contributed by atoms with van der Waals surface area (Å²) in [6.45, 7) is 4.57. The topological polar surface area (TPSA) is 65.8 Å². The molecule has 2 heterocycles. The number of carbonyl (C=O) groups is 1. The predicted octanol–water partition coefficient (Wildman–Crippen LogP) is 4.19. The Balaban J connectivity index is 1.74. The van der Waals surface area contributed by atoms with Crippen LogP contribution in [0.3, 0.4) is 0 Å². The number of nitrogens with zero attached hydrogens (tertiary/aromatic N) is 2. The van der Waals surface area contributed by atoms with E-state index in [-0.39, 0.29) is 11.7 Å². The molecule has 0 fully saturated rings. The Morgan fingerprint density at radius 3 is 2.92 bits per heavy atom. The summed E-state index contributed by atoms with van der Waals surface area (Å²) in [5.74, 6) is 0.175. The van der Waals surface area contributed by atoms with E-state index in [1.165, 1.54) is 11.8 Å². The summed E-state index contributed by atoms with van der Waals surface area (Å²) in [5, 5.41) is 15.8. The largest absolute Gasteiger partial charge is 0.350 e. The summed E-state index contributed by atoms with van der Waals surface area (Å²) in [6.07, 6.45) is 0. The first-order valence-corrected chi connectivity index (χ1v) is 9.67. The number of benzene rings is 1. The first-order chi connectivity index (χ1) is 12.1. The summed E-state index contributed by atoms with van der Waals surface area (Å²) in [5.41, 5.74) is 3.60. The molecular weight excluding hydrogens is 350 g/mol. The van der Waals surface area contributed by atoms with Gasteiger partial charge in [0.05, 0.1) is 23.4 Å². The molecule has 0 aliphatic rings. The van der Waals surface area contributed by atoms with Crippen LogP contribution >= 0.6 is 23.1 Å². The van der Waals surface area contributed by atoms with Crippen molar-refractivity contribution in [3.05, 3.63) is 57.3 Å². The van der Waals surface area contributed by atoms with Gasteiger partial charge in [0, 0.05) is 10.3 Å². The Labute approximate surface area is 154 Å². The van der Waals surface area contributed by atoms with Gasteiger partial charge >= 0.3 is 0 Å². The van der Waals surface area contributed by atoms with E-state index in [1.54, 1.807) is 11.3 Å². The summed E-state index contributed by atoms with van der Waals surface area (Å²) in [4.78, 5) is 17.8. The summed E-state index contributed by atoms with van der Waals surface area (Å²) >= 11 is 2.92. The van der Waals surface area contributed by atoms with Crippen LogP contribution in [0.5, 0.6) is 0 Å². The first kappa shape index (κ1) is 17.5. The number of rotatable bonds is 5. The fourth-order valence-electron chi connectivity index (χ4n) is 2.61. The minimum Gasteiger partial charge on any atom is -0.350 e. The number of carbonyl (C=O) groups excluding carboxylic acids is 1. The van der Waals surface area contributed by atoms with Crippen LogP contribution in [0.1, 0.15) is 21.6 Å². The highest BCUT2D eigenvalue weighted by atomic mass is 32.2. The number of hydrogen-bond acceptors (Lipinski definition) is 5. The maximum atomic E-state index is 12.0. The van der Waals surface area contributed by atoms with Crippen molar-refractivity contribution in [3.8, 4) is 6.07 Å². The van der Waals surface area contributed by atoms with Crippen LogP contribution in [0.4, 0.5) is 0 Å². The van der Waals surface area contributed by atoms with E-state index in [0.29, 0.717) is 17.1 Å². The zero-order valence-corrected chi connectivity index (χ0v) is 15.6. The average molecular weight is 367 g/mol. The van der Waals surface area contributed by atoms with Crippen LogP contribution < -0.4 is 5.32 Å². The molecule has 0 atom stereocenters. The van der Waals surface area contributed by atoms with E-state index in [2.05, 4.69) is 22.4 Å². The van der Waals surface area contributed by atoms with Gasteiger partial charge in [-0.05, 0) is 43.0 Å². The van der Waals surface area contributed by atoms with Gasteiger partial charge in [0.2, 0.25) is 5.91 Å². The van der Waals surface area contributed by atoms with Crippen molar-refractivity contribution in [1.82, 2.24) is 10.3 Å². The molecule has 1 amide bonds. The monoisotopic (exact) mass is 367 g/mol. The lowest BCUT2D eigenvalue weighted by Gasteiger charge is -2.09. The van der Waals surface area contributed by atoms with Gasteiger partial charge in [-0.3, -0.25) is 4.79 Å². The van der Waals surface area contributed by atoms with Gasteiger partial charge in [0.1, 0.15) is 11.1 Å². The number of thioether (sulfide) groups is 1. The number of nitriles is 1. The second-order valence-corrected chi connectivity index (χ2v) is 7.75. The van der Waals surface area contributed by atoms with E-state index in [1.807, 2.05) is 43.5 Å². The van der Waals surface area contributed by atoms with Crippen molar-refractivity contribution in [3.63, 3.8) is 0 Å². The maximum absolute atomic E-state index is 12.0. The van der Waals surface area contributed by atoms with E-state index in [0.717, 1.165) is 26.9 Å². The van der Waals surface area contributed by atoms with Crippen molar-refractivity contribution in [2.24, 2.45) is 0 Å². The Kier molecular flexibility index (Phi) is 5.37. The maximum Gasteiger partial charge on any atom is 0.230 e. The number of pyridine rings is 1. The van der Waals surface area contributed by atoms with Gasteiger partial charge in [0.15, 0.2) is 0 Å². The molecule has 3 rings (SSSR count). The first-order valence-electron chi connectivity index (χ1n) is 7.81. The molecule has 3 aromatic rings. The molecule has 2 aromatic heterocycles. The Morgan fingerprint density at radius 2 is 2.20 bits per heavy atom. The Hall–Kier alpha value is -2.36. The molecular formula is C19H17N3OS2. The molecule has 1 N–H and O–H groups in total. The number of thiophene rings is 1. The number of aromatic nitrogens is 1. The molecule has 0 saturated heterocycles. The van der Waals surface area contributed by atoms with Crippen LogP contribution in [0.15, 0.2) is 40.7 Å². The number of hydrogen-bond donors (Lipinski definition) is 1. The third kappa shape index (κ3) is 4.19. The van der Waals surface area contributed by atoms with Crippen LogP contribution in [-0.4, -0.2) is 16.6 Å². The number of fused-ring (bicyclic) bond motifs is 1. The van der Waals surface area contributed by atoms with Gasteiger partial charge in [-0.2, -0.15) is 5.26 Å². The van der Waals surface area contributed by atoms with Gasteiger partial charge in [-0.15, -0.1) is 11.3 Å². The second-order valence-electron chi connectivity index (χ2n) is 5.75. The van der Waals surface area contributed by atoms with Crippen LogP contribution in [0.25, 0.3) is 10.9 Å². The van der Waals surface area contributed by atoms with E-state index in [4.69, 9.17) is 0 Å². The van der Waals surface area contributed by atoms with Gasteiger partial charge < -0.3 is 5.32 Å². The fraction of sp³-hybridized carbons (Fsp3) is 0.211. The minimum absolute atomic E-state index is 0.0650. The van der Waals surface area contributed by atoms with Gasteiger partial charge in [-0.25, -0.2) is 4.98 Å². The standard InChI is InChI=1S/C19H17N3OS2/c1-12-6-13(2)18-14(7-12)8-15(9-20)19(22-18)25-11-17(23)21-10-16-4-3-5-24-16/h3-8H,10-11H2,1-2H3,(H,21,23). The third-order valence-electron chi connectivity index (χ3n) is 3.72. The quantitative estimate of drug-likeness (QED) is 0.687. The Morgan fingerprint density at radius 1 is 1.36 bits per heavy atom. The summed E-state index contributed by atoms with van der Waals surface area (Å²) in [7, 11) is 0. The molecule has 0 saturated carbocycles. The molecule has 126 valence electrons. The van der Waals surface area contributed by atoms with Crippen LogP contribution in [-0.2, 0) is 11.3 Å². The van der Waals surface area contributed by atoms with Crippen molar-refractivity contribution in [1.29, 1.82) is 5.26 Å². The van der Waals surface area contributed by atoms with E-state index >= 15 is 0 Å². The number of amides is 1. The third-order valence-corrected chi connectivity index (χ3v) is 5.59. The summed E-state index contributed by atoms with van der Waals surface area (Å²) in [6, 6.07) is 12.1. The molecule has 25 heavy (non-hydrogen) atoms. The lowest BCUT2D eigenvalue weighted by molar-refractivity contribution is -0.118. The van der Waals surface area contributed by atoms with Gasteiger partial charge in [0.25, 0.3) is 0 Å². The smallest absolute Gasteiger partial charge is 0.230 e. The molecule has 4 nitrogen and oxygen atoms in total. The average Bonchev–Trinajstić information content (AvgIpc) is 3.11. The van der Waals surface area contributed by atoms with Gasteiger partial charge in [-0.1, -0.05) is 29.5 Å².